The highest BCUT2D eigenvalue weighted by atomic mass is 16.7. The standard InChI is InChI=1S/C28H27N3O7/c1-2-3-7-16-37-21-13-10-18(11-14-21)29-27(33)24-25(22-15-12-20(31(35)36)17-23(22)32)30(38-26(24)28(29)34)19-8-5-4-6-9-19/h4-6,8-15,17,24-26,32H,2-3,7,16H2,1H3/t24-,25+,26-/m0/s1. The van der Waals surface area contributed by atoms with Crippen LogP contribution in [-0.4, -0.2) is 34.6 Å². The summed E-state index contributed by atoms with van der Waals surface area (Å²) in [6, 6.07) is 18.4. The Hall–Kier alpha value is -4.44. The summed E-state index contributed by atoms with van der Waals surface area (Å²) in [6.45, 7) is 2.70. The van der Waals surface area contributed by atoms with Crippen LogP contribution in [0.5, 0.6) is 11.5 Å². The largest absolute Gasteiger partial charge is 0.507 e. The Morgan fingerprint density at radius 2 is 1.71 bits per heavy atom. The lowest BCUT2D eigenvalue weighted by Crippen LogP contribution is -2.37. The molecule has 0 unspecified atom stereocenters. The molecule has 2 fully saturated rings. The number of nitro benzene ring substituents is 1. The molecule has 0 aliphatic carbocycles. The third-order valence-electron chi connectivity index (χ3n) is 6.78. The lowest BCUT2D eigenvalue weighted by atomic mass is 9.90. The number of hydroxylamine groups is 1. The van der Waals surface area contributed by atoms with Gasteiger partial charge in [0.05, 0.1) is 35.0 Å². The molecule has 38 heavy (non-hydrogen) atoms. The summed E-state index contributed by atoms with van der Waals surface area (Å²) in [5.41, 5.74) is 0.907. The van der Waals surface area contributed by atoms with E-state index in [4.69, 9.17) is 9.57 Å². The number of ether oxygens (including phenoxy) is 1. The molecule has 3 atom stereocenters. The third kappa shape index (κ3) is 4.54. The molecule has 0 spiro atoms. The van der Waals surface area contributed by atoms with E-state index in [0.29, 0.717) is 23.7 Å². The number of phenols is 1. The van der Waals surface area contributed by atoms with Gasteiger partial charge < -0.3 is 9.84 Å². The molecule has 5 rings (SSSR count). The van der Waals surface area contributed by atoms with Gasteiger partial charge in [-0.15, -0.1) is 0 Å². The summed E-state index contributed by atoms with van der Waals surface area (Å²) >= 11 is 0. The number of non-ortho nitro benzene ring substituents is 1. The number of anilines is 2. The fourth-order valence-corrected chi connectivity index (χ4v) is 4.91. The van der Waals surface area contributed by atoms with Gasteiger partial charge in [0.15, 0.2) is 6.10 Å². The Morgan fingerprint density at radius 1 is 0.974 bits per heavy atom. The van der Waals surface area contributed by atoms with E-state index in [9.17, 15) is 24.8 Å². The number of carbonyl (C=O) groups is 2. The first-order valence-electron chi connectivity index (χ1n) is 12.5. The second kappa shape index (κ2) is 10.5. The number of carbonyl (C=O) groups excluding carboxylic acids is 2. The predicted molar refractivity (Wildman–Crippen MR) is 139 cm³/mol. The van der Waals surface area contributed by atoms with Crippen LogP contribution in [0.1, 0.15) is 37.8 Å². The second-order valence-electron chi connectivity index (χ2n) is 9.22. The molecule has 0 saturated carbocycles. The fraction of sp³-hybridized carbons (Fsp3) is 0.286. The topological polar surface area (TPSA) is 122 Å². The van der Waals surface area contributed by atoms with Gasteiger partial charge in [0, 0.05) is 11.6 Å². The van der Waals surface area contributed by atoms with E-state index in [1.807, 2.05) is 6.07 Å². The Kier molecular flexibility index (Phi) is 6.97. The molecule has 196 valence electrons. The van der Waals surface area contributed by atoms with Crippen molar-refractivity contribution in [1.29, 1.82) is 0 Å². The van der Waals surface area contributed by atoms with Crippen LogP contribution in [-0.2, 0) is 14.4 Å². The molecule has 2 amide bonds. The van der Waals surface area contributed by atoms with E-state index in [1.165, 1.54) is 17.2 Å². The van der Waals surface area contributed by atoms with E-state index >= 15 is 0 Å². The number of benzene rings is 3. The molecule has 10 nitrogen and oxygen atoms in total. The van der Waals surface area contributed by atoms with Crippen LogP contribution < -0.4 is 14.7 Å². The SMILES string of the molecule is CCCCCOc1ccc(N2C(=O)[C@@H]3[C@H](ON(c4ccccc4)[C@@H]3c3ccc([N+](=O)[O-])cc3O)C2=O)cc1. The number of aromatic hydroxyl groups is 1. The number of hydrogen-bond acceptors (Lipinski definition) is 8. The normalized spacial score (nSPS) is 20.6. The molecule has 0 radical (unpaired) electrons. The zero-order valence-electron chi connectivity index (χ0n) is 20.7. The summed E-state index contributed by atoms with van der Waals surface area (Å²) in [7, 11) is 0. The van der Waals surface area contributed by atoms with Crippen LogP contribution in [0.4, 0.5) is 17.1 Å². The van der Waals surface area contributed by atoms with Crippen molar-refractivity contribution in [3.05, 3.63) is 88.5 Å². The number of rotatable bonds is 9. The molecule has 2 heterocycles. The first-order valence-corrected chi connectivity index (χ1v) is 12.5. The smallest absolute Gasteiger partial charge is 0.273 e. The minimum atomic E-state index is -1.13. The average molecular weight is 518 g/mol. The van der Waals surface area contributed by atoms with Crippen molar-refractivity contribution in [1.82, 2.24) is 0 Å². The number of nitro groups is 1. The summed E-state index contributed by atoms with van der Waals surface area (Å²) in [4.78, 5) is 45.0. The molecule has 3 aromatic rings. The van der Waals surface area contributed by atoms with Crippen LogP contribution in [0.15, 0.2) is 72.8 Å². The van der Waals surface area contributed by atoms with E-state index in [-0.39, 0.29) is 17.0 Å². The average Bonchev–Trinajstić information content (AvgIpc) is 3.43. The third-order valence-corrected chi connectivity index (χ3v) is 6.78. The molecule has 1 N–H and O–H groups in total. The Labute approximate surface area is 219 Å². The summed E-state index contributed by atoms with van der Waals surface area (Å²) in [5.74, 6) is -1.72. The Balaban J connectivity index is 1.46. The van der Waals surface area contributed by atoms with Crippen molar-refractivity contribution in [3.63, 3.8) is 0 Å². The fourth-order valence-electron chi connectivity index (χ4n) is 4.91. The van der Waals surface area contributed by atoms with Gasteiger partial charge in [0.1, 0.15) is 17.4 Å². The molecule has 2 saturated heterocycles. The predicted octanol–water partition coefficient (Wildman–Crippen LogP) is 4.92. The minimum absolute atomic E-state index is 0.241. The van der Waals surface area contributed by atoms with Crippen LogP contribution >= 0.6 is 0 Å². The zero-order valence-corrected chi connectivity index (χ0v) is 20.7. The zero-order chi connectivity index (χ0) is 26.8. The van der Waals surface area contributed by atoms with Gasteiger partial charge in [-0.1, -0.05) is 38.0 Å². The van der Waals surface area contributed by atoms with Crippen LogP contribution in [0.2, 0.25) is 0 Å². The van der Waals surface area contributed by atoms with Crippen molar-refractivity contribution in [2.24, 2.45) is 5.92 Å². The van der Waals surface area contributed by atoms with Crippen LogP contribution in [0.3, 0.4) is 0 Å². The number of phenolic OH excluding ortho intramolecular Hbond substituents is 1. The van der Waals surface area contributed by atoms with Gasteiger partial charge in [-0.3, -0.25) is 24.5 Å². The number of amides is 2. The van der Waals surface area contributed by atoms with E-state index in [1.54, 1.807) is 48.5 Å². The van der Waals surface area contributed by atoms with Crippen molar-refractivity contribution >= 4 is 28.9 Å². The van der Waals surface area contributed by atoms with Crippen molar-refractivity contribution in [3.8, 4) is 11.5 Å². The number of unbranched alkanes of at least 4 members (excludes halogenated alkanes) is 2. The number of fused-ring (bicyclic) bond motifs is 1. The summed E-state index contributed by atoms with van der Waals surface area (Å²) in [5, 5.41) is 23.4. The molecule has 10 heteroatoms. The van der Waals surface area contributed by atoms with Crippen molar-refractivity contribution < 1.29 is 29.2 Å². The first-order chi connectivity index (χ1) is 18.4. The lowest BCUT2D eigenvalue weighted by Gasteiger charge is -2.29. The minimum Gasteiger partial charge on any atom is -0.507 e. The summed E-state index contributed by atoms with van der Waals surface area (Å²) < 4.78 is 5.74. The van der Waals surface area contributed by atoms with Gasteiger partial charge in [-0.05, 0) is 48.9 Å². The van der Waals surface area contributed by atoms with E-state index in [2.05, 4.69) is 6.92 Å². The molecular formula is C28H27N3O7. The maximum atomic E-state index is 13.8. The van der Waals surface area contributed by atoms with E-state index < -0.39 is 34.8 Å². The van der Waals surface area contributed by atoms with Crippen LogP contribution in [0, 0.1) is 16.0 Å². The number of nitrogens with zero attached hydrogens (tertiary/aromatic N) is 3. The molecular weight excluding hydrogens is 490 g/mol. The highest BCUT2D eigenvalue weighted by molar-refractivity contribution is 6.24. The lowest BCUT2D eigenvalue weighted by molar-refractivity contribution is -0.385. The van der Waals surface area contributed by atoms with Gasteiger partial charge in [0.2, 0.25) is 5.91 Å². The highest BCUT2D eigenvalue weighted by Gasteiger charge is 2.60. The second-order valence-corrected chi connectivity index (χ2v) is 9.22. The molecule has 3 aromatic carbocycles. The van der Waals surface area contributed by atoms with Crippen LogP contribution in [0.25, 0.3) is 0 Å². The van der Waals surface area contributed by atoms with Gasteiger partial charge in [-0.2, -0.15) is 0 Å². The molecule has 0 bridgehead atoms. The number of imide groups is 1. The van der Waals surface area contributed by atoms with E-state index in [0.717, 1.165) is 30.2 Å². The van der Waals surface area contributed by atoms with Gasteiger partial charge in [0.25, 0.3) is 11.6 Å². The number of para-hydroxylation sites is 1. The molecule has 2 aliphatic rings. The number of hydrogen-bond donors (Lipinski definition) is 1. The van der Waals surface area contributed by atoms with Gasteiger partial charge >= 0.3 is 0 Å². The summed E-state index contributed by atoms with van der Waals surface area (Å²) in [6.07, 6.45) is 1.97. The molecule has 0 aromatic heterocycles. The van der Waals surface area contributed by atoms with Crippen molar-refractivity contribution in [2.75, 3.05) is 16.6 Å². The molecule has 2 aliphatic heterocycles. The monoisotopic (exact) mass is 517 g/mol. The highest BCUT2D eigenvalue weighted by Crippen LogP contribution is 2.49. The maximum absolute atomic E-state index is 13.8. The maximum Gasteiger partial charge on any atom is 0.273 e. The Morgan fingerprint density at radius 3 is 2.37 bits per heavy atom. The quantitative estimate of drug-likeness (QED) is 0.184. The Bertz CT molecular complexity index is 1350. The first kappa shape index (κ1) is 25.2. The van der Waals surface area contributed by atoms with Crippen molar-refractivity contribution in [2.45, 2.75) is 38.3 Å². The van der Waals surface area contributed by atoms with Gasteiger partial charge in [-0.25, -0.2) is 9.96 Å².